The maximum Gasteiger partial charge on any atom is 0.406 e. The molecule has 108 valence electrons. The van der Waals surface area contributed by atoms with E-state index in [0.717, 1.165) is 22.7 Å². The van der Waals surface area contributed by atoms with Crippen LogP contribution < -0.4 is 5.32 Å². The van der Waals surface area contributed by atoms with Crippen molar-refractivity contribution in [2.75, 3.05) is 11.1 Å². The number of carbonyl (C=O) groups is 1. The molecule has 0 bridgehead atoms. The van der Waals surface area contributed by atoms with Crippen molar-refractivity contribution in [3.05, 3.63) is 17.9 Å². The Kier molecular flexibility index (Phi) is 4.60. The van der Waals surface area contributed by atoms with Gasteiger partial charge in [-0.15, -0.1) is 21.5 Å². The third-order valence-electron chi connectivity index (χ3n) is 1.94. The van der Waals surface area contributed by atoms with Crippen LogP contribution in [0.1, 0.15) is 0 Å². The van der Waals surface area contributed by atoms with Gasteiger partial charge in [0.15, 0.2) is 10.3 Å². The number of anilines is 1. The van der Waals surface area contributed by atoms with Crippen LogP contribution in [0.15, 0.2) is 23.1 Å². The van der Waals surface area contributed by atoms with Crippen LogP contribution in [0.25, 0.3) is 0 Å². The maximum atomic E-state index is 12.3. The van der Waals surface area contributed by atoms with Gasteiger partial charge < -0.3 is 5.32 Å². The fourth-order valence-electron chi connectivity index (χ4n) is 1.23. The summed E-state index contributed by atoms with van der Waals surface area (Å²) in [5, 5.41) is 11.7. The number of nitrogens with zero attached hydrogens (tertiary/aromatic N) is 4. The lowest BCUT2D eigenvalue weighted by Gasteiger charge is -2.08. The van der Waals surface area contributed by atoms with Crippen LogP contribution in [0.5, 0.6) is 0 Å². The number of hydrogen-bond donors (Lipinski definition) is 1. The summed E-state index contributed by atoms with van der Waals surface area (Å²) in [5.41, 5.74) is 0. The molecule has 0 spiro atoms. The molecule has 0 aliphatic carbocycles. The average Bonchev–Trinajstić information content (AvgIpc) is 2.96. The van der Waals surface area contributed by atoms with Crippen molar-refractivity contribution in [3.8, 4) is 0 Å². The first-order chi connectivity index (χ1) is 9.44. The fraction of sp³-hybridized carbons (Fsp3) is 0.333. The van der Waals surface area contributed by atoms with E-state index in [1.165, 1.54) is 17.5 Å². The summed E-state index contributed by atoms with van der Waals surface area (Å²) in [6, 6.07) is 0. The second kappa shape index (κ2) is 6.22. The Labute approximate surface area is 119 Å². The number of amides is 1. The first-order valence-electron chi connectivity index (χ1n) is 5.21. The molecule has 2 aromatic rings. The number of nitrogens with one attached hydrogen (secondary N) is 1. The third-order valence-corrected chi connectivity index (χ3v) is 3.61. The number of thiazole rings is 1. The quantitative estimate of drug-likeness (QED) is 0.852. The first kappa shape index (κ1) is 14.8. The lowest BCUT2D eigenvalue weighted by atomic mass is 10.6. The van der Waals surface area contributed by atoms with E-state index in [2.05, 4.69) is 20.5 Å². The van der Waals surface area contributed by atoms with Gasteiger partial charge >= 0.3 is 6.18 Å². The van der Waals surface area contributed by atoms with Crippen LogP contribution in [0.3, 0.4) is 0 Å². The number of hydrogen-bond acceptors (Lipinski definition) is 6. The molecule has 0 unspecified atom stereocenters. The van der Waals surface area contributed by atoms with Gasteiger partial charge in [-0.3, -0.25) is 9.36 Å². The molecule has 11 heteroatoms. The van der Waals surface area contributed by atoms with Crippen molar-refractivity contribution in [1.29, 1.82) is 0 Å². The van der Waals surface area contributed by atoms with E-state index >= 15 is 0 Å². The van der Waals surface area contributed by atoms with Crippen molar-refractivity contribution in [3.63, 3.8) is 0 Å². The van der Waals surface area contributed by atoms with Crippen LogP contribution in [0, 0.1) is 0 Å². The number of halogens is 3. The Morgan fingerprint density at radius 2 is 2.30 bits per heavy atom. The van der Waals surface area contributed by atoms with E-state index in [-0.39, 0.29) is 16.8 Å². The highest BCUT2D eigenvalue weighted by molar-refractivity contribution is 7.99. The van der Waals surface area contributed by atoms with Gasteiger partial charge in [-0.1, -0.05) is 11.8 Å². The Morgan fingerprint density at radius 1 is 1.50 bits per heavy atom. The zero-order valence-corrected chi connectivity index (χ0v) is 11.4. The van der Waals surface area contributed by atoms with Crippen molar-refractivity contribution in [2.45, 2.75) is 17.9 Å². The molecular formula is C9H8F3N5OS2. The average molecular weight is 323 g/mol. The Bertz CT molecular complexity index is 568. The van der Waals surface area contributed by atoms with Crippen LogP contribution in [0.4, 0.5) is 18.3 Å². The Balaban J connectivity index is 1.88. The third kappa shape index (κ3) is 4.49. The molecule has 2 aromatic heterocycles. The number of rotatable bonds is 5. The van der Waals surface area contributed by atoms with Crippen molar-refractivity contribution in [2.24, 2.45) is 0 Å². The summed E-state index contributed by atoms with van der Waals surface area (Å²) in [6.45, 7) is -1.18. The summed E-state index contributed by atoms with van der Waals surface area (Å²) >= 11 is 2.13. The molecule has 0 saturated heterocycles. The molecule has 0 aromatic carbocycles. The smallest absolute Gasteiger partial charge is 0.301 e. The van der Waals surface area contributed by atoms with Gasteiger partial charge in [-0.2, -0.15) is 13.2 Å². The van der Waals surface area contributed by atoms with Gasteiger partial charge in [0.1, 0.15) is 12.9 Å². The number of thioether (sulfide) groups is 1. The number of aromatic nitrogens is 4. The highest BCUT2D eigenvalue weighted by Gasteiger charge is 2.29. The zero-order valence-electron chi connectivity index (χ0n) is 9.79. The van der Waals surface area contributed by atoms with E-state index in [0.29, 0.717) is 5.13 Å². The van der Waals surface area contributed by atoms with Gasteiger partial charge in [0, 0.05) is 11.6 Å². The van der Waals surface area contributed by atoms with Crippen LogP contribution in [-0.2, 0) is 11.3 Å². The number of alkyl halides is 3. The van der Waals surface area contributed by atoms with E-state index in [1.807, 2.05) is 0 Å². The van der Waals surface area contributed by atoms with Gasteiger partial charge in [0.05, 0.1) is 5.75 Å². The van der Waals surface area contributed by atoms with Crippen molar-refractivity contribution in [1.82, 2.24) is 19.7 Å². The topological polar surface area (TPSA) is 72.7 Å². The molecule has 0 atom stereocenters. The van der Waals surface area contributed by atoms with Gasteiger partial charge in [-0.25, -0.2) is 4.98 Å². The molecule has 0 aliphatic heterocycles. The largest absolute Gasteiger partial charge is 0.406 e. The molecule has 0 radical (unpaired) electrons. The monoisotopic (exact) mass is 323 g/mol. The maximum absolute atomic E-state index is 12.3. The van der Waals surface area contributed by atoms with Crippen LogP contribution in [0.2, 0.25) is 0 Å². The first-order valence-corrected chi connectivity index (χ1v) is 7.07. The second-order valence-electron chi connectivity index (χ2n) is 3.53. The van der Waals surface area contributed by atoms with Gasteiger partial charge in [0.25, 0.3) is 0 Å². The summed E-state index contributed by atoms with van der Waals surface area (Å²) < 4.78 is 37.7. The molecule has 2 heterocycles. The lowest BCUT2D eigenvalue weighted by Crippen LogP contribution is -2.18. The molecule has 2 rings (SSSR count). The van der Waals surface area contributed by atoms with Crippen LogP contribution >= 0.6 is 23.1 Å². The standard InChI is InChI=1S/C9H8F3N5OS2/c10-9(11,12)4-17-5-14-16-8(17)20-3-6(18)15-7-13-1-2-19-7/h1-2,5H,3-4H2,(H,13,15,18). The van der Waals surface area contributed by atoms with Gasteiger partial charge in [0.2, 0.25) is 5.91 Å². The molecule has 6 nitrogen and oxygen atoms in total. The van der Waals surface area contributed by atoms with Gasteiger partial charge in [-0.05, 0) is 0 Å². The fourth-order valence-corrected chi connectivity index (χ4v) is 2.49. The summed E-state index contributed by atoms with van der Waals surface area (Å²) in [4.78, 5) is 15.4. The molecule has 1 amide bonds. The molecule has 20 heavy (non-hydrogen) atoms. The van der Waals surface area contributed by atoms with Crippen molar-refractivity contribution < 1.29 is 18.0 Å². The molecule has 1 N–H and O–H groups in total. The van der Waals surface area contributed by atoms with E-state index in [9.17, 15) is 18.0 Å². The Morgan fingerprint density at radius 3 is 2.95 bits per heavy atom. The highest BCUT2D eigenvalue weighted by atomic mass is 32.2. The van der Waals surface area contributed by atoms with E-state index in [4.69, 9.17) is 0 Å². The summed E-state index contributed by atoms with van der Waals surface area (Å²) in [6.07, 6.45) is -1.84. The van der Waals surface area contributed by atoms with E-state index < -0.39 is 12.7 Å². The summed E-state index contributed by atoms with van der Waals surface area (Å²) in [5.74, 6) is -0.442. The highest BCUT2D eigenvalue weighted by Crippen LogP contribution is 2.22. The van der Waals surface area contributed by atoms with E-state index in [1.54, 1.807) is 5.38 Å². The number of carbonyl (C=O) groups excluding carboxylic acids is 1. The predicted molar refractivity (Wildman–Crippen MR) is 67.5 cm³/mol. The molecular weight excluding hydrogens is 315 g/mol. The Hall–Kier alpha value is -1.62. The molecule has 0 fully saturated rings. The molecule has 0 aliphatic rings. The van der Waals surface area contributed by atoms with Crippen molar-refractivity contribution >= 4 is 34.1 Å². The minimum absolute atomic E-state index is 0.0385. The SMILES string of the molecule is O=C(CSc1nncn1CC(F)(F)F)Nc1nccs1. The lowest BCUT2D eigenvalue weighted by molar-refractivity contribution is -0.142. The second-order valence-corrected chi connectivity index (χ2v) is 5.37. The minimum atomic E-state index is -4.36. The predicted octanol–water partition coefficient (Wildman–Crippen LogP) is 2.03. The zero-order chi connectivity index (χ0) is 14.6. The normalized spacial score (nSPS) is 11.6. The summed E-state index contributed by atoms with van der Waals surface area (Å²) in [7, 11) is 0. The minimum Gasteiger partial charge on any atom is -0.301 e. The molecule has 0 saturated carbocycles. The van der Waals surface area contributed by atoms with Crippen LogP contribution in [-0.4, -0.2) is 37.6 Å².